The Morgan fingerprint density at radius 3 is 2.83 bits per heavy atom. The molecule has 0 bridgehead atoms. The zero-order valence-corrected chi connectivity index (χ0v) is 10.1. The van der Waals surface area contributed by atoms with Gasteiger partial charge in [-0.1, -0.05) is 6.07 Å². The minimum Gasteiger partial charge on any atom is -0.388 e. The molecule has 1 heterocycles. The molecule has 0 aromatic heterocycles. The first-order valence-corrected chi connectivity index (χ1v) is 5.86. The van der Waals surface area contributed by atoms with Gasteiger partial charge in [0.15, 0.2) is 11.6 Å². The highest BCUT2D eigenvalue weighted by Crippen LogP contribution is 2.23. The zero-order chi connectivity index (χ0) is 13.3. The van der Waals surface area contributed by atoms with Crippen molar-refractivity contribution >= 4 is 5.91 Å². The lowest BCUT2D eigenvalue weighted by Crippen LogP contribution is -2.48. The van der Waals surface area contributed by atoms with E-state index in [9.17, 15) is 18.7 Å². The van der Waals surface area contributed by atoms with Gasteiger partial charge in [0.2, 0.25) is 0 Å². The van der Waals surface area contributed by atoms with E-state index in [1.54, 1.807) is 6.92 Å². The molecule has 0 radical (unpaired) electrons. The number of carbonyl (C=O) groups excluding carboxylic acids is 1. The van der Waals surface area contributed by atoms with Crippen LogP contribution in [0.25, 0.3) is 0 Å². The molecule has 1 aliphatic heterocycles. The predicted molar refractivity (Wildman–Crippen MR) is 62.1 cm³/mol. The van der Waals surface area contributed by atoms with Crippen LogP contribution < -0.4 is 0 Å². The fraction of sp³-hybridized carbons (Fsp3) is 0.462. The normalized spacial score (nSPS) is 24.1. The van der Waals surface area contributed by atoms with Gasteiger partial charge >= 0.3 is 0 Å². The number of β-amino-alcohol motifs (C(OH)–C–C–N with tert-alkyl or cyclic N) is 1. The summed E-state index contributed by atoms with van der Waals surface area (Å²) in [6, 6.07) is 3.52. The fourth-order valence-corrected chi connectivity index (χ4v) is 2.23. The van der Waals surface area contributed by atoms with Crippen molar-refractivity contribution in [3.8, 4) is 0 Å². The minimum atomic E-state index is -1.13. The van der Waals surface area contributed by atoms with Crippen LogP contribution in [0, 0.1) is 11.6 Å². The standard InChI is InChI=1S/C13H15F2NO2/c1-13(18)6-3-7-16(8-13)12(17)9-4-2-5-10(14)11(9)15/h2,4-5,18H,3,6-8H2,1H3. The second-order valence-electron chi connectivity index (χ2n) is 4.93. The zero-order valence-electron chi connectivity index (χ0n) is 10.1. The van der Waals surface area contributed by atoms with Gasteiger partial charge in [-0.25, -0.2) is 8.78 Å². The fourth-order valence-electron chi connectivity index (χ4n) is 2.23. The highest BCUT2D eigenvalue weighted by Gasteiger charge is 2.32. The Labute approximate surface area is 104 Å². The molecule has 5 heteroatoms. The topological polar surface area (TPSA) is 40.5 Å². The summed E-state index contributed by atoms with van der Waals surface area (Å²) in [6.45, 7) is 2.22. The second-order valence-corrected chi connectivity index (χ2v) is 4.93. The van der Waals surface area contributed by atoms with Gasteiger partial charge in [0, 0.05) is 13.1 Å². The van der Waals surface area contributed by atoms with Crippen LogP contribution in [0.15, 0.2) is 18.2 Å². The van der Waals surface area contributed by atoms with Crippen LogP contribution >= 0.6 is 0 Å². The van der Waals surface area contributed by atoms with Crippen molar-refractivity contribution in [2.45, 2.75) is 25.4 Å². The van der Waals surface area contributed by atoms with Crippen LogP contribution in [-0.4, -0.2) is 34.6 Å². The first-order chi connectivity index (χ1) is 8.41. The van der Waals surface area contributed by atoms with Crippen molar-refractivity contribution in [3.05, 3.63) is 35.4 Å². The van der Waals surface area contributed by atoms with E-state index in [1.165, 1.54) is 17.0 Å². The van der Waals surface area contributed by atoms with Crippen molar-refractivity contribution in [1.82, 2.24) is 4.90 Å². The maximum Gasteiger partial charge on any atom is 0.257 e. The SMILES string of the molecule is CC1(O)CCCN(C(=O)c2cccc(F)c2F)C1. The number of hydrogen-bond acceptors (Lipinski definition) is 2. The maximum atomic E-state index is 13.5. The number of rotatable bonds is 1. The van der Waals surface area contributed by atoms with Crippen molar-refractivity contribution in [3.63, 3.8) is 0 Å². The van der Waals surface area contributed by atoms with Gasteiger partial charge in [-0.05, 0) is 31.9 Å². The Kier molecular flexibility index (Phi) is 3.34. The minimum absolute atomic E-state index is 0.141. The van der Waals surface area contributed by atoms with E-state index < -0.39 is 23.1 Å². The van der Waals surface area contributed by atoms with E-state index in [0.717, 1.165) is 6.07 Å². The molecule has 1 aromatic carbocycles. The molecule has 2 rings (SSSR count). The van der Waals surface area contributed by atoms with Crippen LogP contribution in [0.3, 0.4) is 0 Å². The largest absolute Gasteiger partial charge is 0.388 e. The Balaban J connectivity index is 2.23. The smallest absolute Gasteiger partial charge is 0.257 e. The molecule has 18 heavy (non-hydrogen) atoms. The van der Waals surface area contributed by atoms with Crippen molar-refractivity contribution in [2.24, 2.45) is 0 Å². The Morgan fingerprint density at radius 2 is 2.17 bits per heavy atom. The van der Waals surface area contributed by atoms with Crippen LogP contribution in [0.2, 0.25) is 0 Å². The highest BCUT2D eigenvalue weighted by molar-refractivity contribution is 5.94. The molecule has 1 fully saturated rings. The molecular weight excluding hydrogens is 240 g/mol. The lowest BCUT2D eigenvalue weighted by Gasteiger charge is -2.36. The van der Waals surface area contributed by atoms with Gasteiger partial charge in [-0.2, -0.15) is 0 Å². The molecule has 0 saturated carbocycles. The lowest BCUT2D eigenvalue weighted by molar-refractivity contribution is -0.0109. The molecule has 1 atom stereocenters. The number of aliphatic hydroxyl groups is 1. The Morgan fingerprint density at radius 1 is 1.44 bits per heavy atom. The summed E-state index contributed by atoms with van der Waals surface area (Å²) in [5.41, 5.74) is -1.25. The quantitative estimate of drug-likeness (QED) is 0.833. The first kappa shape index (κ1) is 13.0. The number of likely N-dealkylation sites (tertiary alicyclic amines) is 1. The summed E-state index contributed by atoms with van der Waals surface area (Å²) in [5.74, 6) is -2.75. The summed E-state index contributed by atoms with van der Waals surface area (Å²) < 4.78 is 26.6. The van der Waals surface area contributed by atoms with Gasteiger partial charge < -0.3 is 10.0 Å². The van der Waals surface area contributed by atoms with E-state index in [2.05, 4.69) is 0 Å². The molecule has 1 N–H and O–H groups in total. The lowest BCUT2D eigenvalue weighted by atomic mass is 9.94. The molecule has 1 aliphatic rings. The number of carbonyl (C=O) groups is 1. The monoisotopic (exact) mass is 255 g/mol. The third kappa shape index (κ3) is 2.51. The third-order valence-corrected chi connectivity index (χ3v) is 3.14. The predicted octanol–water partition coefficient (Wildman–Crippen LogP) is 1.95. The number of piperidine rings is 1. The number of nitrogens with zero attached hydrogens (tertiary/aromatic N) is 1. The molecular formula is C13H15F2NO2. The first-order valence-electron chi connectivity index (χ1n) is 5.86. The van der Waals surface area contributed by atoms with Gasteiger partial charge in [0.1, 0.15) is 0 Å². The molecule has 1 saturated heterocycles. The van der Waals surface area contributed by atoms with Gasteiger partial charge in [-0.15, -0.1) is 0 Å². The summed E-state index contributed by atoms with van der Waals surface area (Å²) in [7, 11) is 0. The molecule has 1 amide bonds. The van der Waals surface area contributed by atoms with Crippen molar-refractivity contribution < 1.29 is 18.7 Å². The maximum absolute atomic E-state index is 13.5. The van der Waals surface area contributed by atoms with E-state index in [-0.39, 0.29) is 12.1 Å². The van der Waals surface area contributed by atoms with E-state index in [4.69, 9.17) is 0 Å². The van der Waals surface area contributed by atoms with E-state index in [1.807, 2.05) is 0 Å². The Bertz CT molecular complexity index is 474. The van der Waals surface area contributed by atoms with Crippen LogP contribution in [0.1, 0.15) is 30.1 Å². The summed E-state index contributed by atoms with van der Waals surface area (Å²) in [4.78, 5) is 13.4. The molecule has 98 valence electrons. The van der Waals surface area contributed by atoms with Crippen LogP contribution in [0.5, 0.6) is 0 Å². The molecule has 1 unspecified atom stereocenters. The van der Waals surface area contributed by atoms with Crippen molar-refractivity contribution in [2.75, 3.05) is 13.1 Å². The Hall–Kier alpha value is -1.49. The average Bonchev–Trinajstić information content (AvgIpc) is 2.30. The van der Waals surface area contributed by atoms with Crippen molar-refractivity contribution in [1.29, 1.82) is 0 Å². The van der Waals surface area contributed by atoms with E-state index >= 15 is 0 Å². The number of halogens is 2. The van der Waals surface area contributed by atoms with E-state index in [0.29, 0.717) is 19.4 Å². The molecule has 3 nitrogen and oxygen atoms in total. The van der Waals surface area contributed by atoms with Crippen LogP contribution in [-0.2, 0) is 0 Å². The highest BCUT2D eigenvalue weighted by atomic mass is 19.2. The van der Waals surface area contributed by atoms with Gasteiger partial charge in [0.05, 0.1) is 11.2 Å². The number of benzene rings is 1. The number of hydrogen-bond donors (Lipinski definition) is 1. The van der Waals surface area contributed by atoms with Crippen LogP contribution in [0.4, 0.5) is 8.78 Å². The van der Waals surface area contributed by atoms with Gasteiger partial charge in [0.25, 0.3) is 5.91 Å². The molecule has 0 aliphatic carbocycles. The van der Waals surface area contributed by atoms with Gasteiger partial charge in [-0.3, -0.25) is 4.79 Å². The number of amides is 1. The summed E-state index contributed by atoms with van der Waals surface area (Å²) in [6.07, 6.45) is 1.25. The molecule has 0 spiro atoms. The summed E-state index contributed by atoms with van der Waals surface area (Å²) >= 11 is 0. The second kappa shape index (κ2) is 4.65. The third-order valence-electron chi connectivity index (χ3n) is 3.14. The average molecular weight is 255 g/mol. The molecule has 1 aromatic rings. The summed E-state index contributed by atoms with van der Waals surface area (Å²) in [5, 5.41) is 9.90.